The zero-order chi connectivity index (χ0) is 14.8. The number of carbonyl (C=O) groups is 1. The van der Waals surface area contributed by atoms with E-state index in [4.69, 9.17) is 9.26 Å². The van der Waals surface area contributed by atoms with Gasteiger partial charge in [0.25, 0.3) is 0 Å². The molecule has 2 heterocycles. The van der Waals surface area contributed by atoms with Crippen molar-refractivity contribution in [1.29, 1.82) is 0 Å². The van der Waals surface area contributed by atoms with Crippen LogP contribution >= 0.6 is 0 Å². The van der Waals surface area contributed by atoms with Crippen LogP contribution in [0.3, 0.4) is 0 Å². The molecule has 0 bridgehead atoms. The summed E-state index contributed by atoms with van der Waals surface area (Å²) in [5, 5.41) is 4.13. The molecule has 1 aromatic rings. The molecule has 0 N–H and O–H groups in total. The predicted octanol–water partition coefficient (Wildman–Crippen LogP) is 2.53. The van der Waals surface area contributed by atoms with Gasteiger partial charge in [-0.25, -0.2) is 4.79 Å². The van der Waals surface area contributed by atoms with Crippen LogP contribution in [0, 0.1) is 11.8 Å². The fourth-order valence-corrected chi connectivity index (χ4v) is 3.26. The molecule has 0 unspecified atom stereocenters. The van der Waals surface area contributed by atoms with E-state index >= 15 is 0 Å². The van der Waals surface area contributed by atoms with Gasteiger partial charge in [-0.2, -0.15) is 4.98 Å². The Morgan fingerprint density at radius 3 is 2.52 bits per heavy atom. The molecule has 1 aliphatic heterocycles. The van der Waals surface area contributed by atoms with E-state index in [0.29, 0.717) is 23.7 Å². The zero-order valence-electron chi connectivity index (χ0n) is 12.7. The summed E-state index contributed by atoms with van der Waals surface area (Å²) in [7, 11) is 0. The van der Waals surface area contributed by atoms with Gasteiger partial charge < -0.3 is 14.2 Å². The predicted molar refractivity (Wildman–Crippen MR) is 73.8 cm³/mol. The third-order valence-electron chi connectivity index (χ3n) is 4.53. The van der Waals surface area contributed by atoms with E-state index < -0.39 is 5.60 Å². The number of hydrogen-bond donors (Lipinski definition) is 0. The van der Waals surface area contributed by atoms with Crippen molar-refractivity contribution in [1.82, 2.24) is 15.0 Å². The Hall–Kier alpha value is -1.59. The summed E-state index contributed by atoms with van der Waals surface area (Å²) in [6.45, 7) is 7.17. The lowest BCUT2D eigenvalue weighted by atomic mass is 10.2. The molecule has 1 saturated heterocycles. The van der Waals surface area contributed by atoms with E-state index in [9.17, 15) is 4.79 Å². The molecule has 6 heteroatoms. The van der Waals surface area contributed by atoms with Crippen LogP contribution in [0.4, 0.5) is 4.79 Å². The summed E-state index contributed by atoms with van der Waals surface area (Å²) >= 11 is 0. The maximum Gasteiger partial charge on any atom is 0.410 e. The van der Waals surface area contributed by atoms with Gasteiger partial charge in [-0.15, -0.1) is 0 Å². The minimum absolute atomic E-state index is 0.208. The van der Waals surface area contributed by atoms with Crippen LogP contribution in [0.15, 0.2) is 4.52 Å². The molecule has 3 atom stereocenters. The van der Waals surface area contributed by atoms with Crippen molar-refractivity contribution in [3.63, 3.8) is 0 Å². The highest BCUT2D eigenvalue weighted by Gasteiger charge is 2.60. The number of aromatic nitrogens is 2. The van der Waals surface area contributed by atoms with Gasteiger partial charge in [0.05, 0.1) is 0 Å². The zero-order valence-corrected chi connectivity index (χ0v) is 12.7. The second-order valence-electron chi connectivity index (χ2n) is 7.50. The van der Waals surface area contributed by atoms with Gasteiger partial charge in [-0.3, -0.25) is 0 Å². The van der Waals surface area contributed by atoms with E-state index in [1.807, 2.05) is 20.8 Å². The van der Waals surface area contributed by atoms with Gasteiger partial charge in [0.2, 0.25) is 5.89 Å². The molecule has 1 amide bonds. The van der Waals surface area contributed by atoms with Crippen molar-refractivity contribution in [3.05, 3.63) is 11.7 Å². The lowest BCUT2D eigenvalue weighted by Gasteiger charge is -2.25. The van der Waals surface area contributed by atoms with E-state index in [2.05, 4.69) is 10.1 Å². The molecule has 21 heavy (non-hydrogen) atoms. The van der Waals surface area contributed by atoms with Crippen molar-refractivity contribution in [3.8, 4) is 0 Å². The van der Waals surface area contributed by atoms with Gasteiger partial charge in [-0.1, -0.05) is 5.16 Å². The SMILES string of the molecule is CC(C)(C)OC(=O)N1C[C@@H]2[C@H](C1)[C@H]2c1noc(C2CC2)n1. The average Bonchev–Trinajstić information content (AvgIpc) is 3.25. The molecule has 2 saturated carbocycles. The Morgan fingerprint density at radius 1 is 1.29 bits per heavy atom. The fourth-order valence-electron chi connectivity index (χ4n) is 3.26. The third kappa shape index (κ3) is 2.40. The second kappa shape index (κ2) is 4.21. The lowest BCUT2D eigenvalue weighted by Crippen LogP contribution is -2.36. The van der Waals surface area contributed by atoms with Gasteiger partial charge in [0.1, 0.15) is 5.60 Å². The number of nitrogens with zero attached hydrogens (tertiary/aromatic N) is 3. The summed E-state index contributed by atoms with van der Waals surface area (Å²) in [6, 6.07) is 0. The van der Waals surface area contributed by atoms with Crippen LogP contribution in [0.1, 0.15) is 57.2 Å². The number of piperidine rings is 1. The summed E-state index contributed by atoms with van der Waals surface area (Å²) in [5.41, 5.74) is -0.434. The van der Waals surface area contributed by atoms with Crippen LogP contribution in [-0.2, 0) is 4.74 Å². The number of fused-ring (bicyclic) bond motifs is 1. The van der Waals surface area contributed by atoms with Crippen molar-refractivity contribution in [2.24, 2.45) is 11.8 Å². The van der Waals surface area contributed by atoms with E-state index in [1.54, 1.807) is 4.90 Å². The topological polar surface area (TPSA) is 68.5 Å². The first-order valence-electron chi connectivity index (χ1n) is 7.74. The number of rotatable bonds is 2. The molecule has 3 aliphatic rings. The summed E-state index contributed by atoms with van der Waals surface area (Å²) in [4.78, 5) is 18.4. The summed E-state index contributed by atoms with van der Waals surface area (Å²) < 4.78 is 10.7. The van der Waals surface area contributed by atoms with Crippen LogP contribution in [0.2, 0.25) is 0 Å². The quantitative estimate of drug-likeness (QED) is 0.837. The molecule has 4 rings (SSSR count). The Bertz CT molecular complexity index is 561. The van der Waals surface area contributed by atoms with E-state index in [1.165, 1.54) is 12.8 Å². The number of hydrogen-bond acceptors (Lipinski definition) is 5. The largest absolute Gasteiger partial charge is 0.444 e. The Kier molecular flexibility index (Phi) is 2.63. The van der Waals surface area contributed by atoms with Crippen LogP contribution in [0.25, 0.3) is 0 Å². The minimum Gasteiger partial charge on any atom is -0.444 e. The lowest BCUT2D eigenvalue weighted by molar-refractivity contribution is 0.0270. The molecule has 0 spiro atoms. The molecular weight excluding hydrogens is 270 g/mol. The standard InChI is InChI=1S/C15H21N3O3/c1-15(2,3)20-14(19)18-6-9-10(7-18)11(9)12-16-13(21-17-12)8-4-5-8/h8-11H,4-7H2,1-3H3/t9-,10+,11+. The average molecular weight is 291 g/mol. The minimum atomic E-state index is -0.434. The normalized spacial score (nSPS) is 31.2. The molecule has 0 radical (unpaired) electrons. The number of likely N-dealkylation sites (tertiary alicyclic amines) is 1. The van der Waals surface area contributed by atoms with Crippen LogP contribution in [0.5, 0.6) is 0 Å². The van der Waals surface area contributed by atoms with E-state index in [0.717, 1.165) is 24.8 Å². The van der Waals surface area contributed by atoms with Crippen molar-refractivity contribution >= 4 is 6.09 Å². The molecule has 6 nitrogen and oxygen atoms in total. The molecule has 114 valence electrons. The van der Waals surface area contributed by atoms with Crippen molar-refractivity contribution in [2.75, 3.05) is 13.1 Å². The maximum atomic E-state index is 12.0. The second-order valence-corrected chi connectivity index (χ2v) is 7.50. The van der Waals surface area contributed by atoms with E-state index in [-0.39, 0.29) is 6.09 Å². The first-order chi connectivity index (χ1) is 9.92. The molecular formula is C15H21N3O3. The van der Waals surface area contributed by atoms with Crippen molar-refractivity contribution < 1.29 is 14.1 Å². The smallest absolute Gasteiger partial charge is 0.410 e. The van der Waals surface area contributed by atoms with Gasteiger partial charge in [-0.05, 0) is 45.4 Å². The van der Waals surface area contributed by atoms with Gasteiger partial charge in [0.15, 0.2) is 5.82 Å². The highest BCUT2D eigenvalue weighted by atomic mass is 16.6. The molecule has 1 aromatic heterocycles. The first-order valence-corrected chi connectivity index (χ1v) is 7.74. The number of amides is 1. The monoisotopic (exact) mass is 291 g/mol. The first kappa shape index (κ1) is 13.1. The van der Waals surface area contributed by atoms with Crippen molar-refractivity contribution in [2.45, 2.75) is 51.0 Å². The van der Waals surface area contributed by atoms with Crippen LogP contribution < -0.4 is 0 Å². The highest BCUT2D eigenvalue weighted by Crippen LogP contribution is 2.57. The maximum absolute atomic E-state index is 12.0. The Labute approximate surface area is 123 Å². The molecule has 2 aliphatic carbocycles. The molecule has 3 fully saturated rings. The fraction of sp³-hybridized carbons (Fsp3) is 0.800. The third-order valence-corrected chi connectivity index (χ3v) is 4.53. The summed E-state index contributed by atoms with van der Waals surface area (Å²) in [6.07, 6.45) is 2.14. The van der Waals surface area contributed by atoms with Gasteiger partial charge >= 0.3 is 6.09 Å². The van der Waals surface area contributed by atoms with Crippen LogP contribution in [-0.4, -0.2) is 39.8 Å². The Morgan fingerprint density at radius 2 is 1.95 bits per heavy atom. The van der Waals surface area contributed by atoms with Gasteiger partial charge in [0, 0.05) is 24.9 Å². The highest BCUT2D eigenvalue weighted by molar-refractivity contribution is 5.69. The number of ether oxygens (including phenoxy) is 1. The number of carbonyl (C=O) groups excluding carboxylic acids is 1. The Balaban J connectivity index is 1.35. The summed E-state index contributed by atoms with van der Waals surface area (Å²) in [5.74, 6) is 3.47. The molecule has 0 aromatic carbocycles.